The lowest BCUT2D eigenvalue weighted by molar-refractivity contribution is -0.134. The number of likely N-dealkylation sites (tertiary alicyclic amines) is 1. The third-order valence-corrected chi connectivity index (χ3v) is 4.58. The Labute approximate surface area is 132 Å². The van der Waals surface area contributed by atoms with Gasteiger partial charge < -0.3 is 9.80 Å². The Bertz CT molecular complexity index is 487. The maximum atomic E-state index is 12.4. The van der Waals surface area contributed by atoms with E-state index in [1.165, 1.54) is 6.42 Å². The zero-order valence-corrected chi connectivity index (χ0v) is 13.3. The first-order chi connectivity index (χ1) is 10.7. The van der Waals surface area contributed by atoms with Crippen molar-refractivity contribution < 1.29 is 4.79 Å². The molecule has 0 N–H and O–H groups in total. The predicted octanol–water partition coefficient (Wildman–Crippen LogP) is 0.857. The summed E-state index contributed by atoms with van der Waals surface area (Å²) in [6, 6.07) is 1.83. The lowest BCUT2D eigenvalue weighted by Crippen LogP contribution is -2.51. The molecule has 1 atom stereocenters. The molecule has 3 rings (SSSR count). The summed E-state index contributed by atoms with van der Waals surface area (Å²) in [6.45, 7) is 8.20. The Morgan fingerprint density at radius 2 is 1.91 bits per heavy atom. The average molecular weight is 303 g/mol. The standard InChI is InChI=1S/C16H25N5O/c1-14-4-2-7-21(12-14)15(22)13-19-8-10-20(11-9-19)16-17-5-3-6-18-16/h3,5-6,14H,2,4,7-13H2,1H3. The third-order valence-electron chi connectivity index (χ3n) is 4.58. The van der Waals surface area contributed by atoms with E-state index in [4.69, 9.17) is 0 Å². The van der Waals surface area contributed by atoms with Crippen LogP contribution in [0, 0.1) is 5.92 Å². The van der Waals surface area contributed by atoms with E-state index < -0.39 is 0 Å². The van der Waals surface area contributed by atoms with Crippen LogP contribution in [0.2, 0.25) is 0 Å². The molecule has 2 fully saturated rings. The third kappa shape index (κ3) is 3.74. The molecule has 22 heavy (non-hydrogen) atoms. The molecular weight excluding hydrogens is 278 g/mol. The molecule has 120 valence electrons. The quantitative estimate of drug-likeness (QED) is 0.829. The van der Waals surface area contributed by atoms with Crippen LogP contribution in [0.15, 0.2) is 18.5 Å². The molecule has 0 bridgehead atoms. The molecule has 2 aliphatic heterocycles. The number of carbonyl (C=O) groups excluding carboxylic acids is 1. The van der Waals surface area contributed by atoms with Crippen molar-refractivity contribution in [1.29, 1.82) is 0 Å². The number of nitrogens with zero attached hydrogens (tertiary/aromatic N) is 5. The molecule has 1 aromatic heterocycles. The topological polar surface area (TPSA) is 52.6 Å². The van der Waals surface area contributed by atoms with E-state index in [-0.39, 0.29) is 5.91 Å². The number of hydrogen-bond donors (Lipinski definition) is 0. The van der Waals surface area contributed by atoms with E-state index in [2.05, 4.69) is 26.7 Å². The van der Waals surface area contributed by atoms with Gasteiger partial charge in [0, 0.05) is 51.7 Å². The Morgan fingerprint density at radius 1 is 1.18 bits per heavy atom. The van der Waals surface area contributed by atoms with Gasteiger partial charge in [-0.15, -0.1) is 0 Å². The van der Waals surface area contributed by atoms with Gasteiger partial charge in [-0.3, -0.25) is 9.69 Å². The molecule has 6 nitrogen and oxygen atoms in total. The number of hydrogen-bond acceptors (Lipinski definition) is 5. The van der Waals surface area contributed by atoms with Crippen molar-refractivity contribution in [3.8, 4) is 0 Å². The van der Waals surface area contributed by atoms with Crippen molar-refractivity contribution in [3.05, 3.63) is 18.5 Å². The normalized spacial score (nSPS) is 23.6. The Kier molecular flexibility index (Phi) is 4.87. The molecule has 3 heterocycles. The van der Waals surface area contributed by atoms with Crippen LogP contribution in [0.1, 0.15) is 19.8 Å². The van der Waals surface area contributed by atoms with E-state index in [1.807, 2.05) is 11.0 Å². The SMILES string of the molecule is CC1CCCN(C(=O)CN2CCN(c3ncccn3)CC2)C1. The van der Waals surface area contributed by atoms with Gasteiger partial charge in [0.2, 0.25) is 11.9 Å². The van der Waals surface area contributed by atoms with Crippen LogP contribution in [0.4, 0.5) is 5.95 Å². The fraction of sp³-hybridized carbons (Fsp3) is 0.688. The lowest BCUT2D eigenvalue weighted by atomic mass is 10.0. The van der Waals surface area contributed by atoms with Crippen molar-refractivity contribution >= 4 is 11.9 Å². The molecule has 6 heteroatoms. The van der Waals surface area contributed by atoms with Crippen LogP contribution in [0.3, 0.4) is 0 Å². The first kappa shape index (κ1) is 15.2. The highest BCUT2D eigenvalue weighted by Crippen LogP contribution is 2.16. The summed E-state index contributed by atoms with van der Waals surface area (Å²) in [7, 11) is 0. The molecule has 0 spiro atoms. The highest BCUT2D eigenvalue weighted by molar-refractivity contribution is 5.78. The summed E-state index contributed by atoms with van der Waals surface area (Å²) < 4.78 is 0. The number of rotatable bonds is 3. The Morgan fingerprint density at radius 3 is 2.59 bits per heavy atom. The van der Waals surface area contributed by atoms with Crippen molar-refractivity contribution in [3.63, 3.8) is 0 Å². The van der Waals surface area contributed by atoms with Crippen LogP contribution in [0.25, 0.3) is 0 Å². The number of anilines is 1. The second-order valence-corrected chi connectivity index (χ2v) is 6.40. The summed E-state index contributed by atoms with van der Waals surface area (Å²) in [5, 5.41) is 0. The highest BCUT2D eigenvalue weighted by Gasteiger charge is 2.25. The highest BCUT2D eigenvalue weighted by atomic mass is 16.2. The zero-order valence-electron chi connectivity index (χ0n) is 13.3. The minimum Gasteiger partial charge on any atom is -0.341 e. The average Bonchev–Trinajstić information content (AvgIpc) is 2.56. The summed E-state index contributed by atoms with van der Waals surface area (Å²) >= 11 is 0. The number of aromatic nitrogens is 2. The zero-order chi connectivity index (χ0) is 15.4. The lowest BCUT2D eigenvalue weighted by Gasteiger charge is -2.36. The smallest absolute Gasteiger partial charge is 0.236 e. The molecule has 0 aromatic carbocycles. The molecule has 0 saturated carbocycles. The number of piperidine rings is 1. The Balaban J connectivity index is 1.46. The summed E-state index contributed by atoms with van der Waals surface area (Å²) in [5.41, 5.74) is 0. The van der Waals surface area contributed by atoms with Crippen LogP contribution in [-0.2, 0) is 4.79 Å². The molecule has 1 unspecified atom stereocenters. The van der Waals surface area contributed by atoms with Crippen LogP contribution in [0.5, 0.6) is 0 Å². The second-order valence-electron chi connectivity index (χ2n) is 6.40. The van der Waals surface area contributed by atoms with Crippen LogP contribution in [-0.4, -0.2) is 71.5 Å². The minimum atomic E-state index is 0.288. The molecule has 1 aromatic rings. The van der Waals surface area contributed by atoms with Gasteiger partial charge in [0.05, 0.1) is 6.54 Å². The minimum absolute atomic E-state index is 0.288. The van der Waals surface area contributed by atoms with E-state index in [0.29, 0.717) is 12.5 Å². The molecular formula is C16H25N5O. The maximum Gasteiger partial charge on any atom is 0.236 e. The van der Waals surface area contributed by atoms with E-state index in [1.54, 1.807) is 12.4 Å². The van der Waals surface area contributed by atoms with Crippen LogP contribution >= 0.6 is 0 Å². The molecule has 1 amide bonds. The predicted molar refractivity (Wildman–Crippen MR) is 85.7 cm³/mol. The van der Waals surface area contributed by atoms with Gasteiger partial charge in [-0.1, -0.05) is 6.92 Å². The van der Waals surface area contributed by atoms with Crippen LogP contribution < -0.4 is 4.90 Å². The van der Waals surface area contributed by atoms with Crippen molar-refractivity contribution in [2.45, 2.75) is 19.8 Å². The van der Waals surface area contributed by atoms with Crippen molar-refractivity contribution in [2.75, 3.05) is 50.7 Å². The van der Waals surface area contributed by atoms with Gasteiger partial charge in [0.15, 0.2) is 0 Å². The molecule has 2 aliphatic rings. The summed E-state index contributed by atoms with van der Waals surface area (Å²) in [5.74, 6) is 1.72. The van der Waals surface area contributed by atoms with Gasteiger partial charge in [-0.25, -0.2) is 9.97 Å². The second kappa shape index (κ2) is 7.05. The van der Waals surface area contributed by atoms with E-state index in [0.717, 1.165) is 51.6 Å². The summed E-state index contributed by atoms with van der Waals surface area (Å²) in [4.78, 5) is 27.5. The van der Waals surface area contributed by atoms with Gasteiger partial charge in [-0.2, -0.15) is 0 Å². The molecule has 0 aliphatic carbocycles. The molecule has 0 radical (unpaired) electrons. The fourth-order valence-electron chi connectivity index (χ4n) is 3.27. The number of carbonyl (C=O) groups is 1. The number of amides is 1. The van der Waals surface area contributed by atoms with E-state index in [9.17, 15) is 4.79 Å². The first-order valence-corrected chi connectivity index (χ1v) is 8.24. The monoisotopic (exact) mass is 303 g/mol. The van der Waals surface area contributed by atoms with Gasteiger partial charge >= 0.3 is 0 Å². The largest absolute Gasteiger partial charge is 0.341 e. The fourth-order valence-corrected chi connectivity index (χ4v) is 3.27. The summed E-state index contributed by atoms with van der Waals surface area (Å²) in [6.07, 6.45) is 5.94. The van der Waals surface area contributed by atoms with Gasteiger partial charge in [-0.05, 0) is 24.8 Å². The van der Waals surface area contributed by atoms with E-state index >= 15 is 0 Å². The van der Waals surface area contributed by atoms with Gasteiger partial charge in [0.25, 0.3) is 0 Å². The number of piperazine rings is 1. The Hall–Kier alpha value is -1.69. The maximum absolute atomic E-state index is 12.4. The first-order valence-electron chi connectivity index (χ1n) is 8.24. The van der Waals surface area contributed by atoms with Crippen molar-refractivity contribution in [1.82, 2.24) is 19.8 Å². The molecule has 2 saturated heterocycles. The van der Waals surface area contributed by atoms with Crippen molar-refractivity contribution in [2.24, 2.45) is 5.92 Å². The van der Waals surface area contributed by atoms with Gasteiger partial charge in [0.1, 0.15) is 0 Å².